The number of esters is 2. The van der Waals surface area contributed by atoms with Crippen molar-refractivity contribution in [1.82, 2.24) is 5.32 Å². The molecule has 0 amide bonds. The number of carbonyl (C=O) groups excluding carboxylic acids is 2. The largest absolute Gasteiger partial charge is 0.463 e. The molecule has 84 valence electrons. The number of hydrogen-bond acceptors (Lipinski definition) is 5. The molecule has 0 saturated carbocycles. The van der Waals surface area contributed by atoms with E-state index < -0.39 is 11.9 Å². The predicted molar refractivity (Wildman–Crippen MR) is 52.9 cm³/mol. The first-order chi connectivity index (χ1) is 7.20. The number of nitrogens with one attached hydrogen (secondary N) is 1. The summed E-state index contributed by atoms with van der Waals surface area (Å²) in [5.41, 5.74) is 0.630. The summed E-state index contributed by atoms with van der Waals surface area (Å²) in [4.78, 5) is 22.9. The fourth-order valence-electron chi connectivity index (χ4n) is 1.37. The van der Waals surface area contributed by atoms with Gasteiger partial charge in [-0.25, -0.2) is 9.59 Å². The van der Waals surface area contributed by atoms with Crippen molar-refractivity contribution in [2.24, 2.45) is 0 Å². The van der Waals surface area contributed by atoms with Gasteiger partial charge in [-0.05, 0) is 20.3 Å². The molecule has 0 fully saturated rings. The third-order valence-electron chi connectivity index (χ3n) is 1.98. The van der Waals surface area contributed by atoms with Crippen molar-refractivity contribution >= 4 is 11.9 Å². The number of hydrogen-bond donors (Lipinski definition) is 1. The molecule has 15 heavy (non-hydrogen) atoms. The van der Waals surface area contributed by atoms with Gasteiger partial charge in [-0.15, -0.1) is 0 Å². The number of carbonyl (C=O) groups is 2. The molecule has 5 nitrogen and oxygen atoms in total. The summed E-state index contributed by atoms with van der Waals surface area (Å²) in [6, 6.07) is 0. The summed E-state index contributed by atoms with van der Waals surface area (Å²) >= 11 is 0. The molecule has 0 radical (unpaired) electrons. The van der Waals surface area contributed by atoms with Gasteiger partial charge in [0.05, 0.1) is 18.8 Å². The third-order valence-corrected chi connectivity index (χ3v) is 1.98. The summed E-state index contributed by atoms with van der Waals surface area (Å²) in [6.07, 6.45) is 0.507. The molecule has 1 rings (SSSR count). The van der Waals surface area contributed by atoms with Crippen LogP contribution in [0.1, 0.15) is 20.3 Å². The molecule has 0 spiro atoms. The molecule has 0 unspecified atom stereocenters. The maximum atomic E-state index is 11.4. The Balaban J connectivity index is 2.77. The highest BCUT2D eigenvalue weighted by Crippen LogP contribution is 2.16. The van der Waals surface area contributed by atoms with E-state index in [1.165, 1.54) is 0 Å². The molecule has 0 aromatic carbocycles. The summed E-state index contributed by atoms with van der Waals surface area (Å²) in [7, 11) is 0. The van der Waals surface area contributed by atoms with E-state index in [4.69, 9.17) is 9.47 Å². The molecule has 1 aliphatic rings. The lowest BCUT2D eigenvalue weighted by Gasteiger charge is -2.06. The first-order valence-corrected chi connectivity index (χ1v) is 5.02. The highest BCUT2D eigenvalue weighted by atomic mass is 16.5. The van der Waals surface area contributed by atoms with Gasteiger partial charge in [0.1, 0.15) is 5.70 Å². The van der Waals surface area contributed by atoms with E-state index in [9.17, 15) is 9.59 Å². The molecule has 1 N–H and O–H groups in total. The van der Waals surface area contributed by atoms with Crippen molar-refractivity contribution in [3.05, 3.63) is 11.3 Å². The minimum atomic E-state index is -0.488. The highest BCUT2D eigenvalue weighted by molar-refractivity contribution is 6.00. The van der Waals surface area contributed by atoms with Crippen LogP contribution in [-0.2, 0) is 19.1 Å². The van der Waals surface area contributed by atoms with Crippen LogP contribution in [0.4, 0.5) is 0 Å². The number of rotatable bonds is 4. The van der Waals surface area contributed by atoms with Crippen LogP contribution in [0.3, 0.4) is 0 Å². The van der Waals surface area contributed by atoms with Gasteiger partial charge in [0.25, 0.3) is 0 Å². The van der Waals surface area contributed by atoms with Crippen LogP contribution in [0, 0.1) is 0 Å². The Hall–Kier alpha value is -1.52. The molecule has 0 bridgehead atoms. The second-order valence-corrected chi connectivity index (χ2v) is 2.97. The monoisotopic (exact) mass is 213 g/mol. The maximum Gasteiger partial charge on any atom is 0.354 e. The Labute approximate surface area is 88.4 Å². The molecule has 1 aliphatic heterocycles. The number of ether oxygens (including phenoxy) is 2. The predicted octanol–water partition coefficient (Wildman–Crippen LogP) is 0.360. The van der Waals surface area contributed by atoms with Gasteiger partial charge < -0.3 is 14.8 Å². The lowest BCUT2D eigenvalue weighted by Crippen LogP contribution is -2.20. The highest BCUT2D eigenvalue weighted by Gasteiger charge is 2.27. The molecular weight excluding hydrogens is 198 g/mol. The normalized spacial score (nSPS) is 14.8. The molecule has 0 aliphatic carbocycles. The van der Waals surface area contributed by atoms with Crippen molar-refractivity contribution in [2.75, 3.05) is 19.8 Å². The minimum absolute atomic E-state index is 0.246. The van der Waals surface area contributed by atoms with Crippen LogP contribution in [0.25, 0.3) is 0 Å². The Morgan fingerprint density at radius 3 is 2.40 bits per heavy atom. The molecular formula is C10H15NO4. The van der Waals surface area contributed by atoms with Crippen LogP contribution in [-0.4, -0.2) is 31.7 Å². The van der Waals surface area contributed by atoms with E-state index in [0.717, 1.165) is 0 Å². The van der Waals surface area contributed by atoms with Crippen LogP contribution >= 0.6 is 0 Å². The van der Waals surface area contributed by atoms with Crippen molar-refractivity contribution in [3.63, 3.8) is 0 Å². The van der Waals surface area contributed by atoms with E-state index in [1.54, 1.807) is 13.8 Å². The lowest BCUT2D eigenvalue weighted by atomic mass is 10.2. The second kappa shape index (κ2) is 5.38. The zero-order valence-corrected chi connectivity index (χ0v) is 8.96. The smallest absolute Gasteiger partial charge is 0.354 e. The van der Waals surface area contributed by atoms with Crippen molar-refractivity contribution in [2.45, 2.75) is 20.3 Å². The Bertz CT molecular complexity index is 268. The summed E-state index contributed by atoms with van der Waals surface area (Å²) < 4.78 is 9.66. The lowest BCUT2D eigenvalue weighted by molar-refractivity contribution is -0.141. The molecule has 0 saturated heterocycles. The van der Waals surface area contributed by atoms with Crippen molar-refractivity contribution < 1.29 is 19.1 Å². The van der Waals surface area contributed by atoms with Gasteiger partial charge in [0.2, 0.25) is 0 Å². The van der Waals surface area contributed by atoms with Crippen molar-refractivity contribution in [1.29, 1.82) is 0 Å². The summed E-state index contributed by atoms with van der Waals surface area (Å²) in [6.45, 7) is 4.61. The first kappa shape index (κ1) is 11.6. The quantitative estimate of drug-likeness (QED) is 0.683. The van der Waals surface area contributed by atoms with E-state index >= 15 is 0 Å². The van der Waals surface area contributed by atoms with Gasteiger partial charge in [-0.1, -0.05) is 0 Å². The van der Waals surface area contributed by atoms with E-state index in [2.05, 4.69) is 5.32 Å². The fourth-order valence-corrected chi connectivity index (χ4v) is 1.37. The van der Waals surface area contributed by atoms with Crippen molar-refractivity contribution in [3.8, 4) is 0 Å². The zero-order chi connectivity index (χ0) is 11.3. The van der Waals surface area contributed by atoms with E-state index in [-0.39, 0.29) is 5.70 Å². The Morgan fingerprint density at radius 1 is 1.20 bits per heavy atom. The van der Waals surface area contributed by atoms with E-state index in [1.807, 2.05) is 0 Å². The third kappa shape index (κ3) is 2.71. The fraction of sp³-hybridized carbons (Fsp3) is 0.600. The van der Waals surface area contributed by atoms with E-state index in [0.29, 0.717) is 31.8 Å². The van der Waals surface area contributed by atoms with Gasteiger partial charge in [0.15, 0.2) is 0 Å². The maximum absolute atomic E-state index is 11.4. The first-order valence-electron chi connectivity index (χ1n) is 5.02. The van der Waals surface area contributed by atoms with Gasteiger partial charge in [-0.2, -0.15) is 0 Å². The summed E-state index contributed by atoms with van der Waals surface area (Å²) in [5.74, 6) is -0.927. The average Bonchev–Trinajstić information content (AvgIpc) is 2.66. The standard InChI is InChI=1S/C10H15NO4/c1-3-14-9(12)7-5-6-11-8(7)10(13)15-4-2/h11H,3-6H2,1-2H3. The van der Waals surface area contributed by atoms with Gasteiger partial charge >= 0.3 is 11.9 Å². The van der Waals surface area contributed by atoms with Gasteiger partial charge in [-0.3, -0.25) is 0 Å². The zero-order valence-electron chi connectivity index (χ0n) is 8.96. The second-order valence-electron chi connectivity index (χ2n) is 2.97. The Kier molecular flexibility index (Phi) is 4.15. The molecule has 0 aromatic rings. The topological polar surface area (TPSA) is 64.6 Å². The molecule has 0 atom stereocenters. The molecule has 0 aromatic heterocycles. The SMILES string of the molecule is CCOC(=O)C1=C(C(=O)OCC)NCC1. The summed E-state index contributed by atoms with van der Waals surface area (Å²) in [5, 5.41) is 2.83. The van der Waals surface area contributed by atoms with Crippen LogP contribution < -0.4 is 5.32 Å². The van der Waals surface area contributed by atoms with Crippen LogP contribution in [0.5, 0.6) is 0 Å². The van der Waals surface area contributed by atoms with Crippen LogP contribution in [0.2, 0.25) is 0 Å². The molecule has 5 heteroatoms. The molecule has 1 heterocycles. The average molecular weight is 213 g/mol. The minimum Gasteiger partial charge on any atom is -0.463 e. The van der Waals surface area contributed by atoms with Gasteiger partial charge in [0, 0.05) is 6.54 Å². The van der Waals surface area contributed by atoms with Crippen LogP contribution in [0.15, 0.2) is 11.3 Å². The Morgan fingerprint density at radius 2 is 1.80 bits per heavy atom.